The molecule has 2 N–H and O–H groups in total. The summed E-state index contributed by atoms with van der Waals surface area (Å²) >= 11 is 1.59. The van der Waals surface area contributed by atoms with Crippen molar-refractivity contribution in [3.05, 3.63) is 41.8 Å². The second-order valence-electron chi connectivity index (χ2n) is 3.87. The van der Waals surface area contributed by atoms with Gasteiger partial charge in [-0.15, -0.1) is 21.5 Å². The molecule has 0 fully saturated rings. The number of ether oxygens (including phenoxy) is 1. The Morgan fingerprint density at radius 3 is 2.74 bits per heavy atom. The lowest BCUT2D eigenvalue weighted by atomic mass is 10.3. The monoisotopic (exact) mass is 272 g/mol. The van der Waals surface area contributed by atoms with Crippen molar-refractivity contribution in [3.63, 3.8) is 0 Å². The molecule has 0 saturated heterocycles. The van der Waals surface area contributed by atoms with E-state index in [9.17, 15) is 0 Å². The third-order valence-electron chi connectivity index (χ3n) is 2.76. The molecule has 5 nitrogen and oxygen atoms in total. The van der Waals surface area contributed by atoms with Gasteiger partial charge in [0.1, 0.15) is 5.75 Å². The van der Waals surface area contributed by atoms with Crippen molar-refractivity contribution >= 4 is 17.3 Å². The molecule has 2 heterocycles. The van der Waals surface area contributed by atoms with Crippen LogP contribution in [0.1, 0.15) is 0 Å². The minimum absolute atomic E-state index is 0.341. The fourth-order valence-corrected chi connectivity index (χ4v) is 2.61. The molecule has 0 aliphatic heterocycles. The van der Waals surface area contributed by atoms with Crippen molar-refractivity contribution in [2.75, 3.05) is 12.8 Å². The molecular weight excluding hydrogens is 260 g/mol. The molecule has 0 atom stereocenters. The number of para-hydroxylation sites is 2. The summed E-state index contributed by atoms with van der Waals surface area (Å²) in [5.74, 6) is 1.79. The SMILES string of the molecule is COc1ccccc1-n1c(N)nnc1-c1cccs1. The first-order chi connectivity index (χ1) is 9.31. The number of nitrogens with two attached hydrogens (primary N) is 1. The van der Waals surface area contributed by atoms with Crippen LogP contribution in [0.2, 0.25) is 0 Å². The summed E-state index contributed by atoms with van der Waals surface area (Å²) in [5.41, 5.74) is 6.77. The Balaban J connectivity index is 2.23. The summed E-state index contributed by atoms with van der Waals surface area (Å²) in [6.07, 6.45) is 0. The van der Waals surface area contributed by atoms with Gasteiger partial charge < -0.3 is 10.5 Å². The number of aromatic nitrogens is 3. The fraction of sp³-hybridized carbons (Fsp3) is 0.0769. The van der Waals surface area contributed by atoms with E-state index in [4.69, 9.17) is 10.5 Å². The minimum atomic E-state index is 0.341. The Labute approximate surface area is 114 Å². The second-order valence-corrected chi connectivity index (χ2v) is 4.81. The number of thiophene rings is 1. The molecular formula is C13H12N4OS. The maximum absolute atomic E-state index is 5.94. The van der Waals surface area contributed by atoms with Crippen LogP contribution in [0.15, 0.2) is 41.8 Å². The first-order valence-corrected chi connectivity index (χ1v) is 6.57. The Bertz CT molecular complexity index is 690. The predicted octanol–water partition coefficient (Wildman–Crippen LogP) is 2.59. The summed E-state index contributed by atoms with van der Waals surface area (Å²) in [6.45, 7) is 0. The number of methoxy groups -OCH3 is 1. The third-order valence-corrected chi connectivity index (χ3v) is 3.62. The Hall–Kier alpha value is -2.34. The summed E-state index contributed by atoms with van der Waals surface area (Å²) in [7, 11) is 1.63. The number of nitrogen functional groups attached to an aromatic ring is 1. The summed E-state index contributed by atoms with van der Waals surface area (Å²) < 4.78 is 7.16. The average Bonchev–Trinajstić information content (AvgIpc) is 3.07. The number of rotatable bonds is 3. The highest BCUT2D eigenvalue weighted by molar-refractivity contribution is 7.13. The zero-order chi connectivity index (χ0) is 13.2. The molecule has 0 radical (unpaired) electrons. The molecule has 0 unspecified atom stereocenters. The van der Waals surface area contributed by atoms with Gasteiger partial charge in [0.2, 0.25) is 5.95 Å². The van der Waals surface area contributed by atoms with E-state index >= 15 is 0 Å². The number of anilines is 1. The highest BCUT2D eigenvalue weighted by Crippen LogP contribution is 2.31. The fourth-order valence-electron chi connectivity index (χ4n) is 1.91. The molecule has 0 amide bonds. The van der Waals surface area contributed by atoms with Crippen molar-refractivity contribution in [3.8, 4) is 22.1 Å². The quantitative estimate of drug-likeness (QED) is 0.796. The first kappa shape index (κ1) is 11.7. The van der Waals surface area contributed by atoms with Crippen LogP contribution in [0.4, 0.5) is 5.95 Å². The topological polar surface area (TPSA) is 66.0 Å². The summed E-state index contributed by atoms with van der Waals surface area (Å²) in [6, 6.07) is 11.6. The molecule has 3 rings (SSSR count). The Kier molecular flexibility index (Phi) is 2.92. The van der Waals surface area contributed by atoms with Crippen LogP contribution in [0.3, 0.4) is 0 Å². The van der Waals surface area contributed by atoms with E-state index in [0.717, 1.165) is 22.1 Å². The molecule has 1 aromatic carbocycles. The van der Waals surface area contributed by atoms with Gasteiger partial charge in [-0.1, -0.05) is 18.2 Å². The number of benzene rings is 1. The van der Waals surface area contributed by atoms with Crippen molar-refractivity contribution in [1.82, 2.24) is 14.8 Å². The lowest BCUT2D eigenvalue weighted by Gasteiger charge is -2.11. The Morgan fingerprint density at radius 2 is 2.00 bits per heavy atom. The van der Waals surface area contributed by atoms with E-state index in [0.29, 0.717) is 5.95 Å². The molecule has 0 bridgehead atoms. The second kappa shape index (κ2) is 4.74. The van der Waals surface area contributed by atoms with Crippen LogP contribution in [0.25, 0.3) is 16.4 Å². The van der Waals surface area contributed by atoms with Crippen LogP contribution >= 0.6 is 11.3 Å². The Morgan fingerprint density at radius 1 is 1.16 bits per heavy atom. The standard InChI is InChI=1S/C13H12N4OS/c1-18-10-6-3-2-5-9(10)17-12(15-16-13(17)14)11-7-4-8-19-11/h2-8H,1H3,(H2,14,16). The smallest absolute Gasteiger partial charge is 0.227 e. The van der Waals surface area contributed by atoms with E-state index in [1.807, 2.05) is 41.8 Å². The lowest BCUT2D eigenvalue weighted by molar-refractivity contribution is 0.413. The predicted molar refractivity (Wildman–Crippen MR) is 75.6 cm³/mol. The van der Waals surface area contributed by atoms with E-state index in [1.165, 1.54) is 0 Å². The van der Waals surface area contributed by atoms with E-state index in [1.54, 1.807) is 23.0 Å². The normalized spacial score (nSPS) is 10.6. The lowest BCUT2D eigenvalue weighted by Crippen LogP contribution is -2.04. The number of hydrogen-bond acceptors (Lipinski definition) is 5. The van der Waals surface area contributed by atoms with Crippen molar-refractivity contribution in [2.24, 2.45) is 0 Å². The minimum Gasteiger partial charge on any atom is -0.495 e. The highest BCUT2D eigenvalue weighted by atomic mass is 32.1. The molecule has 96 valence electrons. The molecule has 2 aromatic heterocycles. The van der Waals surface area contributed by atoms with E-state index < -0.39 is 0 Å². The van der Waals surface area contributed by atoms with E-state index in [2.05, 4.69) is 10.2 Å². The van der Waals surface area contributed by atoms with Gasteiger partial charge in [-0.3, -0.25) is 4.57 Å². The van der Waals surface area contributed by atoms with Gasteiger partial charge in [-0.05, 0) is 23.6 Å². The van der Waals surface area contributed by atoms with Gasteiger partial charge >= 0.3 is 0 Å². The number of nitrogens with zero attached hydrogens (tertiary/aromatic N) is 3. The van der Waals surface area contributed by atoms with E-state index in [-0.39, 0.29) is 0 Å². The molecule has 3 aromatic rings. The van der Waals surface area contributed by atoms with Crippen molar-refractivity contribution in [2.45, 2.75) is 0 Å². The van der Waals surface area contributed by atoms with Crippen LogP contribution in [-0.4, -0.2) is 21.9 Å². The number of hydrogen-bond donors (Lipinski definition) is 1. The largest absolute Gasteiger partial charge is 0.495 e. The zero-order valence-electron chi connectivity index (χ0n) is 10.3. The van der Waals surface area contributed by atoms with Crippen LogP contribution in [-0.2, 0) is 0 Å². The van der Waals surface area contributed by atoms with Crippen molar-refractivity contribution < 1.29 is 4.74 Å². The molecule has 0 aliphatic rings. The summed E-state index contributed by atoms with van der Waals surface area (Å²) in [5, 5.41) is 10.1. The maximum Gasteiger partial charge on any atom is 0.227 e. The average molecular weight is 272 g/mol. The highest BCUT2D eigenvalue weighted by Gasteiger charge is 2.16. The van der Waals surface area contributed by atoms with Gasteiger partial charge in [0.25, 0.3) is 0 Å². The third kappa shape index (κ3) is 1.96. The van der Waals surface area contributed by atoms with Crippen LogP contribution in [0.5, 0.6) is 5.75 Å². The molecule has 0 spiro atoms. The first-order valence-electron chi connectivity index (χ1n) is 5.69. The van der Waals surface area contributed by atoms with Crippen molar-refractivity contribution in [1.29, 1.82) is 0 Å². The zero-order valence-corrected chi connectivity index (χ0v) is 11.1. The van der Waals surface area contributed by atoms with Crippen LogP contribution in [0, 0.1) is 0 Å². The maximum atomic E-state index is 5.94. The molecule has 0 aliphatic carbocycles. The van der Waals surface area contributed by atoms with Gasteiger partial charge in [0, 0.05) is 0 Å². The molecule has 19 heavy (non-hydrogen) atoms. The van der Waals surface area contributed by atoms with Gasteiger partial charge in [-0.25, -0.2) is 0 Å². The van der Waals surface area contributed by atoms with Gasteiger partial charge in [-0.2, -0.15) is 0 Å². The molecule has 6 heteroatoms. The molecule has 0 saturated carbocycles. The van der Waals surface area contributed by atoms with Gasteiger partial charge in [0.05, 0.1) is 17.7 Å². The van der Waals surface area contributed by atoms with Gasteiger partial charge in [0.15, 0.2) is 5.82 Å². The summed E-state index contributed by atoms with van der Waals surface area (Å²) in [4.78, 5) is 1.01. The van der Waals surface area contributed by atoms with Crippen LogP contribution < -0.4 is 10.5 Å².